The summed E-state index contributed by atoms with van der Waals surface area (Å²) in [6.07, 6.45) is 1.42. The molecule has 0 aliphatic carbocycles. The minimum atomic E-state index is -2.89. The van der Waals surface area contributed by atoms with Gasteiger partial charge in [-0.25, -0.2) is 8.42 Å². The van der Waals surface area contributed by atoms with Crippen LogP contribution < -0.4 is 5.32 Å². The van der Waals surface area contributed by atoms with Crippen molar-refractivity contribution in [2.45, 2.75) is 32.2 Å². The Labute approximate surface area is 141 Å². The monoisotopic (exact) mass is 342 g/mol. The summed E-state index contributed by atoms with van der Waals surface area (Å²) in [4.78, 5) is 0. The number of hydrogen-bond acceptors (Lipinski definition) is 5. The third kappa shape index (κ3) is 3.25. The fourth-order valence-corrected chi connectivity index (χ4v) is 4.50. The number of furan rings is 1. The van der Waals surface area contributed by atoms with Crippen LogP contribution in [-0.4, -0.2) is 26.0 Å². The van der Waals surface area contributed by atoms with Gasteiger partial charge in [0.05, 0.1) is 29.7 Å². The first kappa shape index (κ1) is 16.4. The van der Waals surface area contributed by atoms with Gasteiger partial charge in [-0.15, -0.1) is 0 Å². The normalized spacial score (nSPS) is 17.0. The van der Waals surface area contributed by atoms with Crippen molar-refractivity contribution in [3.8, 4) is 17.9 Å². The average molecular weight is 342 g/mol. The summed E-state index contributed by atoms with van der Waals surface area (Å²) in [6.45, 7) is 1.73. The molecule has 24 heavy (non-hydrogen) atoms. The van der Waals surface area contributed by atoms with Crippen LogP contribution in [0.25, 0.3) is 11.0 Å². The molecule has 2 aromatic rings. The predicted octanol–water partition coefficient (Wildman–Crippen LogP) is 2.86. The molecule has 3 rings (SSSR count). The van der Waals surface area contributed by atoms with Crippen molar-refractivity contribution in [1.29, 1.82) is 5.26 Å². The van der Waals surface area contributed by atoms with Gasteiger partial charge in [-0.05, 0) is 31.8 Å². The van der Waals surface area contributed by atoms with Gasteiger partial charge in [0.2, 0.25) is 0 Å². The number of benzene rings is 1. The first-order valence-corrected chi connectivity index (χ1v) is 9.67. The molecule has 1 N–H and O–H groups in total. The second kappa shape index (κ2) is 6.59. The molecule has 124 valence electrons. The molecule has 6 heteroatoms. The van der Waals surface area contributed by atoms with Crippen LogP contribution in [-0.2, 0) is 16.3 Å². The first-order valence-electron chi connectivity index (χ1n) is 7.85. The average Bonchev–Trinajstić information content (AvgIpc) is 2.89. The highest BCUT2D eigenvalue weighted by atomic mass is 32.2. The molecular formula is C18H18N2O3S. The van der Waals surface area contributed by atoms with Gasteiger partial charge in [0.1, 0.15) is 9.84 Å². The number of sulfone groups is 1. The number of nitrogens with zero attached hydrogens (tertiary/aromatic N) is 1. The number of rotatable bonds is 3. The number of fused-ring (bicyclic) bond motifs is 1. The van der Waals surface area contributed by atoms with Crippen molar-refractivity contribution in [3.05, 3.63) is 29.5 Å². The van der Waals surface area contributed by atoms with E-state index in [4.69, 9.17) is 9.68 Å². The zero-order chi connectivity index (χ0) is 17.2. The summed E-state index contributed by atoms with van der Waals surface area (Å²) in [5, 5.41) is 13.3. The molecule has 1 saturated heterocycles. The molecule has 1 aromatic carbocycles. The second-order valence-corrected chi connectivity index (χ2v) is 8.18. The molecule has 1 aliphatic rings. The molecule has 1 aromatic heterocycles. The quantitative estimate of drug-likeness (QED) is 0.867. The van der Waals surface area contributed by atoms with Crippen molar-refractivity contribution < 1.29 is 12.8 Å². The maximum absolute atomic E-state index is 11.6. The molecule has 0 bridgehead atoms. The van der Waals surface area contributed by atoms with Crippen LogP contribution in [0.1, 0.15) is 31.1 Å². The molecule has 0 atom stereocenters. The molecule has 2 heterocycles. The maximum Gasteiger partial charge on any atom is 0.182 e. The SMILES string of the molecule is CC#Cc1oc2c(NC3CCS(=O)(=O)CC3)cccc2c1CC#N. The smallest absolute Gasteiger partial charge is 0.182 e. The molecule has 0 spiro atoms. The number of nitriles is 1. The standard InChI is InChI=1S/C18H18N2O3S/c1-2-4-17-14(7-10-19)15-5-3-6-16(18(15)23-17)20-13-8-11-24(21,22)12-9-13/h3,5-6,13,20H,7-9,11-12H2,1H3. The lowest BCUT2D eigenvalue weighted by molar-refractivity contribution is 0.558. The largest absolute Gasteiger partial charge is 0.445 e. The van der Waals surface area contributed by atoms with E-state index in [1.54, 1.807) is 6.92 Å². The van der Waals surface area contributed by atoms with E-state index < -0.39 is 9.84 Å². The van der Waals surface area contributed by atoms with Crippen LogP contribution in [0.5, 0.6) is 0 Å². The number of para-hydroxylation sites is 1. The van der Waals surface area contributed by atoms with E-state index in [-0.39, 0.29) is 24.0 Å². The topological polar surface area (TPSA) is 83.1 Å². The summed E-state index contributed by atoms with van der Waals surface area (Å²) >= 11 is 0. The molecule has 0 radical (unpaired) electrons. The van der Waals surface area contributed by atoms with Crippen molar-refractivity contribution >= 4 is 26.5 Å². The Hall–Kier alpha value is -2.44. The van der Waals surface area contributed by atoms with Crippen LogP contribution in [0, 0.1) is 23.2 Å². The van der Waals surface area contributed by atoms with Crippen molar-refractivity contribution in [1.82, 2.24) is 0 Å². The highest BCUT2D eigenvalue weighted by Gasteiger charge is 2.24. The van der Waals surface area contributed by atoms with Crippen molar-refractivity contribution in [2.75, 3.05) is 16.8 Å². The molecule has 5 nitrogen and oxygen atoms in total. The van der Waals surface area contributed by atoms with Crippen LogP contribution in [0.4, 0.5) is 5.69 Å². The van der Waals surface area contributed by atoms with Crippen LogP contribution in [0.15, 0.2) is 22.6 Å². The summed E-state index contributed by atoms with van der Waals surface area (Å²) in [5.41, 5.74) is 2.30. The van der Waals surface area contributed by atoms with E-state index in [2.05, 4.69) is 23.2 Å². The Morgan fingerprint density at radius 3 is 2.75 bits per heavy atom. The fourth-order valence-electron chi connectivity index (χ4n) is 3.01. The van der Waals surface area contributed by atoms with Crippen LogP contribution in [0.2, 0.25) is 0 Å². The van der Waals surface area contributed by atoms with E-state index in [9.17, 15) is 8.42 Å². The van der Waals surface area contributed by atoms with Gasteiger partial charge in [-0.2, -0.15) is 5.26 Å². The maximum atomic E-state index is 11.6. The molecular weight excluding hydrogens is 324 g/mol. The minimum Gasteiger partial charge on any atom is -0.445 e. The second-order valence-electron chi connectivity index (χ2n) is 5.87. The highest BCUT2D eigenvalue weighted by Crippen LogP contribution is 2.32. The van der Waals surface area contributed by atoms with E-state index in [1.807, 2.05) is 18.2 Å². The Morgan fingerprint density at radius 1 is 1.33 bits per heavy atom. The minimum absolute atomic E-state index is 0.101. The molecule has 1 fully saturated rings. The van der Waals surface area contributed by atoms with E-state index in [1.165, 1.54) is 0 Å². The van der Waals surface area contributed by atoms with E-state index in [0.717, 1.165) is 16.6 Å². The third-order valence-electron chi connectivity index (χ3n) is 4.23. The van der Waals surface area contributed by atoms with Gasteiger partial charge in [-0.3, -0.25) is 0 Å². The van der Waals surface area contributed by atoms with E-state index >= 15 is 0 Å². The molecule has 0 amide bonds. The lowest BCUT2D eigenvalue weighted by atomic mass is 10.1. The Balaban J connectivity index is 1.95. The van der Waals surface area contributed by atoms with Gasteiger partial charge in [0.15, 0.2) is 11.3 Å². The van der Waals surface area contributed by atoms with Gasteiger partial charge in [0, 0.05) is 17.0 Å². The Morgan fingerprint density at radius 2 is 2.08 bits per heavy atom. The van der Waals surface area contributed by atoms with E-state index in [0.29, 0.717) is 24.2 Å². The van der Waals surface area contributed by atoms with Crippen LogP contribution in [0.3, 0.4) is 0 Å². The van der Waals surface area contributed by atoms with Gasteiger partial charge in [-0.1, -0.05) is 18.1 Å². The first-order chi connectivity index (χ1) is 11.5. The van der Waals surface area contributed by atoms with Crippen LogP contribution >= 0.6 is 0 Å². The molecule has 0 saturated carbocycles. The van der Waals surface area contributed by atoms with Gasteiger partial charge in [0.25, 0.3) is 0 Å². The lowest BCUT2D eigenvalue weighted by Crippen LogP contribution is -2.32. The number of anilines is 1. The number of hydrogen-bond donors (Lipinski definition) is 1. The van der Waals surface area contributed by atoms with Gasteiger partial charge < -0.3 is 9.73 Å². The fraction of sp³-hybridized carbons (Fsp3) is 0.389. The lowest BCUT2D eigenvalue weighted by Gasteiger charge is -2.24. The molecule has 1 aliphatic heterocycles. The summed E-state index contributed by atoms with van der Waals surface area (Å²) in [7, 11) is -2.89. The van der Waals surface area contributed by atoms with Gasteiger partial charge >= 0.3 is 0 Å². The van der Waals surface area contributed by atoms with Crippen molar-refractivity contribution in [3.63, 3.8) is 0 Å². The summed E-state index contributed by atoms with van der Waals surface area (Å²) in [6, 6.07) is 7.99. The molecule has 0 unspecified atom stereocenters. The predicted molar refractivity (Wildman–Crippen MR) is 93.4 cm³/mol. The summed E-state index contributed by atoms with van der Waals surface area (Å²) in [5.74, 6) is 6.68. The zero-order valence-corrected chi connectivity index (χ0v) is 14.2. The third-order valence-corrected chi connectivity index (χ3v) is 5.94. The Kier molecular flexibility index (Phi) is 4.51. The number of nitrogens with one attached hydrogen (secondary N) is 1. The highest BCUT2D eigenvalue weighted by molar-refractivity contribution is 7.91. The van der Waals surface area contributed by atoms with Crippen molar-refractivity contribution in [2.24, 2.45) is 0 Å². The Bertz CT molecular complexity index is 957. The zero-order valence-electron chi connectivity index (χ0n) is 13.4. The summed E-state index contributed by atoms with van der Waals surface area (Å²) < 4.78 is 29.0.